The van der Waals surface area contributed by atoms with Gasteiger partial charge in [0.1, 0.15) is 11.6 Å². The fourth-order valence-electron chi connectivity index (χ4n) is 2.25. The Morgan fingerprint density at radius 3 is 1.65 bits per heavy atom. The summed E-state index contributed by atoms with van der Waals surface area (Å²) in [5.41, 5.74) is 0. The number of hydrogen-bond donors (Lipinski definition) is 0. The number of thiophene rings is 2. The van der Waals surface area contributed by atoms with E-state index in [4.69, 9.17) is 9.31 Å². The molecule has 4 rings (SSSR count). The predicted molar refractivity (Wildman–Crippen MR) is 92.0 cm³/mol. The van der Waals surface area contributed by atoms with E-state index in [1.54, 1.807) is 12.1 Å². The Morgan fingerprint density at radius 1 is 0.696 bits per heavy atom. The summed E-state index contributed by atoms with van der Waals surface area (Å²) in [5, 5.41) is 3.20. The molecule has 114 valence electrons. The largest absolute Gasteiger partial charge is 0.577 e. The van der Waals surface area contributed by atoms with Crippen LogP contribution in [-0.4, -0.2) is 7.69 Å². The Balaban J connectivity index is 1.45. The monoisotopic (exact) mass is 346 g/mol. The summed E-state index contributed by atoms with van der Waals surface area (Å²) in [6, 6.07) is 12.9. The van der Waals surface area contributed by atoms with Gasteiger partial charge in [0.2, 0.25) is 0 Å². The van der Waals surface area contributed by atoms with Crippen molar-refractivity contribution in [2.45, 2.75) is 0 Å². The van der Waals surface area contributed by atoms with Crippen LogP contribution < -0.4 is 9.31 Å². The molecule has 0 bridgehead atoms. The van der Waals surface area contributed by atoms with E-state index in [-0.39, 0.29) is 19.3 Å². The highest BCUT2D eigenvalue weighted by molar-refractivity contribution is 7.21. The molecule has 2 aromatic carbocycles. The van der Waals surface area contributed by atoms with Crippen LogP contribution in [0.1, 0.15) is 0 Å². The molecule has 2 aromatic heterocycles. The first-order valence-corrected chi connectivity index (χ1v) is 8.44. The van der Waals surface area contributed by atoms with Crippen molar-refractivity contribution in [1.29, 1.82) is 0 Å². The Bertz CT molecular complexity index is 916. The van der Waals surface area contributed by atoms with Crippen LogP contribution in [0.2, 0.25) is 0 Å². The Kier molecular flexibility index (Phi) is 3.67. The average molecular weight is 346 g/mol. The fourth-order valence-corrected chi connectivity index (χ4v) is 4.10. The number of rotatable bonds is 4. The Hall–Kier alpha value is -2.12. The lowest BCUT2D eigenvalue weighted by Crippen LogP contribution is -2.08. The zero-order valence-electron chi connectivity index (χ0n) is 11.7. The maximum Gasteiger partial charge on any atom is 0.577 e. The Morgan fingerprint density at radius 2 is 1.17 bits per heavy atom. The minimum Gasteiger partial charge on any atom is -0.521 e. The second kappa shape index (κ2) is 5.83. The van der Waals surface area contributed by atoms with E-state index < -0.39 is 0 Å². The van der Waals surface area contributed by atoms with Crippen LogP contribution in [0.15, 0.2) is 48.5 Å². The standard InChI is InChI=1S/C16H9BF2O2S2/c18-11-3-1-9-5-15(22-13(9)7-11)20-17-21-16-6-10-2-4-12(19)8-14(10)23-16/h1-8,17H. The number of hydrogen-bond acceptors (Lipinski definition) is 4. The van der Waals surface area contributed by atoms with Gasteiger partial charge in [-0.15, -0.1) is 22.7 Å². The third-order valence-corrected chi connectivity index (χ3v) is 5.34. The molecule has 4 aromatic rings. The smallest absolute Gasteiger partial charge is 0.521 e. The zero-order valence-corrected chi connectivity index (χ0v) is 13.3. The lowest BCUT2D eigenvalue weighted by Gasteiger charge is -2.01. The van der Waals surface area contributed by atoms with Gasteiger partial charge in [-0.3, -0.25) is 0 Å². The van der Waals surface area contributed by atoms with Gasteiger partial charge in [0.25, 0.3) is 0 Å². The van der Waals surface area contributed by atoms with E-state index in [1.807, 2.05) is 12.1 Å². The molecule has 0 N–H and O–H groups in total. The van der Waals surface area contributed by atoms with E-state index in [0.29, 0.717) is 10.1 Å². The molecular formula is C16H9BF2O2S2. The van der Waals surface area contributed by atoms with Crippen molar-refractivity contribution >= 4 is 50.5 Å². The summed E-state index contributed by atoms with van der Waals surface area (Å²) in [4.78, 5) is 0. The van der Waals surface area contributed by atoms with E-state index in [9.17, 15) is 8.78 Å². The van der Waals surface area contributed by atoms with Crippen LogP contribution in [0, 0.1) is 11.6 Å². The zero-order chi connectivity index (χ0) is 15.8. The van der Waals surface area contributed by atoms with Gasteiger partial charge in [-0.25, -0.2) is 8.78 Å². The van der Waals surface area contributed by atoms with Crippen LogP contribution in [0.25, 0.3) is 20.2 Å². The van der Waals surface area contributed by atoms with Crippen LogP contribution in [0.5, 0.6) is 10.1 Å². The molecule has 2 heterocycles. The predicted octanol–water partition coefficient (Wildman–Crippen LogP) is 5.12. The summed E-state index contributed by atoms with van der Waals surface area (Å²) in [6.45, 7) is 0. The molecule has 0 saturated heterocycles. The van der Waals surface area contributed by atoms with Crippen molar-refractivity contribution < 1.29 is 18.1 Å². The lowest BCUT2D eigenvalue weighted by molar-refractivity contribution is 0.474. The molecule has 0 fully saturated rings. The van der Waals surface area contributed by atoms with Crippen molar-refractivity contribution in [3.63, 3.8) is 0 Å². The topological polar surface area (TPSA) is 18.5 Å². The van der Waals surface area contributed by atoms with E-state index in [1.165, 1.54) is 46.9 Å². The van der Waals surface area contributed by atoms with Crippen LogP contribution in [-0.2, 0) is 0 Å². The van der Waals surface area contributed by atoms with Gasteiger partial charge in [0, 0.05) is 9.40 Å². The molecule has 0 amide bonds. The molecule has 0 saturated carbocycles. The maximum atomic E-state index is 13.2. The third kappa shape index (κ3) is 3.02. The van der Waals surface area contributed by atoms with Gasteiger partial charge >= 0.3 is 7.69 Å². The fraction of sp³-hybridized carbons (Fsp3) is 0. The molecule has 0 atom stereocenters. The molecule has 0 spiro atoms. The maximum absolute atomic E-state index is 13.2. The summed E-state index contributed by atoms with van der Waals surface area (Å²) in [5.74, 6) is -0.528. The van der Waals surface area contributed by atoms with Crippen LogP contribution in [0.3, 0.4) is 0 Å². The number of benzene rings is 2. The molecule has 7 heteroatoms. The lowest BCUT2D eigenvalue weighted by atomic mass is 10.2. The summed E-state index contributed by atoms with van der Waals surface area (Å²) in [6.07, 6.45) is 0. The first kappa shape index (κ1) is 14.5. The highest BCUT2D eigenvalue weighted by atomic mass is 32.1. The van der Waals surface area contributed by atoms with Crippen molar-refractivity contribution in [3.05, 3.63) is 60.2 Å². The first-order valence-electron chi connectivity index (χ1n) is 6.81. The van der Waals surface area contributed by atoms with Gasteiger partial charge in [-0.05, 0) is 47.2 Å². The Labute approximate surface area is 139 Å². The molecular weight excluding hydrogens is 337 g/mol. The molecule has 0 aliphatic heterocycles. The normalized spacial score (nSPS) is 11.0. The van der Waals surface area contributed by atoms with Crippen molar-refractivity contribution in [3.8, 4) is 10.1 Å². The van der Waals surface area contributed by atoms with E-state index in [0.717, 1.165) is 20.2 Å². The quantitative estimate of drug-likeness (QED) is 0.478. The molecule has 0 aliphatic rings. The van der Waals surface area contributed by atoms with Crippen LogP contribution in [0.4, 0.5) is 8.78 Å². The van der Waals surface area contributed by atoms with E-state index in [2.05, 4.69) is 0 Å². The van der Waals surface area contributed by atoms with Gasteiger partial charge < -0.3 is 9.31 Å². The highest BCUT2D eigenvalue weighted by Gasteiger charge is 2.08. The first-order chi connectivity index (χ1) is 11.2. The summed E-state index contributed by atoms with van der Waals surface area (Å²) < 4.78 is 39.1. The minimum atomic E-state index is -0.264. The summed E-state index contributed by atoms with van der Waals surface area (Å²) in [7, 11) is 0.0462. The summed E-state index contributed by atoms with van der Waals surface area (Å²) >= 11 is 2.73. The van der Waals surface area contributed by atoms with Gasteiger partial charge in [-0.2, -0.15) is 0 Å². The van der Waals surface area contributed by atoms with Crippen molar-refractivity contribution in [2.75, 3.05) is 0 Å². The number of fused-ring (bicyclic) bond motifs is 2. The van der Waals surface area contributed by atoms with Crippen molar-refractivity contribution in [2.24, 2.45) is 0 Å². The van der Waals surface area contributed by atoms with Crippen LogP contribution >= 0.6 is 22.7 Å². The second-order valence-corrected chi connectivity index (χ2v) is 6.99. The molecule has 2 nitrogen and oxygen atoms in total. The number of halogens is 2. The SMILES string of the molecule is Fc1ccc2cc(OBOc3cc4ccc(F)cc4s3)sc2c1. The average Bonchev–Trinajstić information content (AvgIpc) is 3.09. The second-order valence-electron chi connectivity index (χ2n) is 4.90. The van der Waals surface area contributed by atoms with Gasteiger partial charge in [0.15, 0.2) is 10.1 Å². The van der Waals surface area contributed by atoms with E-state index >= 15 is 0 Å². The molecule has 23 heavy (non-hydrogen) atoms. The minimum absolute atomic E-state index is 0.0462. The van der Waals surface area contributed by atoms with Gasteiger partial charge in [0.05, 0.1) is 0 Å². The van der Waals surface area contributed by atoms with Crippen molar-refractivity contribution in [1.82, 2.24) is 0 Å². The third-order valence-electron chi connectivity index (χ3n) is 3.32. The molecule has 0 unspecified atom stereocenters. The molecule has 0 aliphatic carbocycles. The highest BCUT2D eigenvalue weighted by Crippen LogP contribution is 2.33. The molecule has 0 radical (unpaired) electrons. The van der Waals surface area contributed by atoms with Gasteiger partial charge in [-0.1, -0.05) is 12.1 Å².